The molecule has 2 aromatic carbocycles. The molecule has 27 heavy (non-hydrogen) atoms. The lowest BCUT2D eigenvalue weighted by Gasteiger charge is -2.11. The number of nitrogens with zero attached hydrogens (tertiary/aromatic N) is 2. The molecule has 0 radical (unpaired) electrons. The SMILES string of the molecule is CSc1ccccc1-c1cc(C(F)(F)F)nn1-c1ccc(S(N)(=O)=O)cc1. The van der Waals surface area contributed by atoms with E-state index in [0.29, 0.717) is 5.56 Å². The highest BCUT2D eigenvalue weighted by Gasteiger charge is 2.35. The predicted molar refractivity (Wildman–Crippen MR) is 97.2 cm³/mol. The summed E-state index contributed by atoms with van der Waals surface area (Å²) < 4.78 is 63.6. The first kappa shape index (κ1) is 19.5. The smallest absolute Gasteiger partial charge is 0.232 e. The molecule has 10 heteroatoms. The number of sulfonamides is 1. The van der Waals surface area contributed by atoms with Crippen LogP contribution in [0.1, 0.15) is 5.69 Å². The number of halogens is 3. The third-order valence-corrected chi connectivity index (χ3v) is 5.52. The Bertz CT molecular complexity index is 1080. The van der Waals surface area contributed by atoms with Crippen molar-refractivity contribution in [1.82, 2.24) is 9.78 Å². The zero-order chi connectivity index (χ0) is 19.8. The molecule has 3 aromatic rings. The Morgan fingerprint density at radius 2 is 1.70 bits per heavy atom. The second-order valence-electron chi connectivity index (χ2n) is 5.56. The second-order valence-corrected chi connectivity index (χ2v) is 7.97. The van der Waals surface area contributed by atoms with Crippen molar-refractivity contribution in [2.24, 2.45) is 5.14 Å². The molecule has 1 aromatic heterocycles. The molecule has 0 bridgehead atoms. The first-order valence-corrected chi connectivity index (χ1v) is 10.3. The van der Waals surface area contributed by atoms with E-state index in [0.717, 1.165) is 15.6 Å². The second kappa shape index (κ2) is 7.02. The van der Waals surface area contributed by atoms with E-state index in [1.165, 1.54) is 36.0 Å². The number of benzene rings is 2. The zero-order valence-corrected chi connectivity index (χ0v) is 15.6. The summed E-state index contributed by atoms with van der Waals surface area (Å²) in [5.74, 6) is 0. The van der Waals surface area contributed by atoms with E-state index >= 15 is 0 Å². The lowest BCUT2D eigenvalue weighted by molar-refractivity contribution is -0.141. The van der Waals surface area contributed by atoms with Crippen molar-refractivity contribution in [3.8, 4) is 16.9 Å². The van der Waals surface area contributed by atoms with Gasteiger partial charge in [0.15, 0.2) is 5.69 Å². The minimum atomic E-state index is -4.62. The van der Waals surface area contributed by atoms with Gasteiger partial charge >= 0.3 is 6.18 Å². The van der Waals surface area contributed by atoms with Gasteiger partial charge in [-0.1, -0.05) is 18.2 Å². The van der Waals surface area contributed by atoms with Gasteiger partial charge in [0.2, 0.25) is 10.0 Å². The van der Waals surface area contributed by atoms with Gasteiger partial charge < -0.3 is 0 Å². The molecule has 2 N–H and O–H groups in total. The van der Waals surface area contributed by atoms with E-state index < -0.39 is 21.9 Å². The topological polar surface area (TPSA) is 78.0 Å². The number of nitrogens with two attached hydrogens (primary N) is 1. The standard InChI is InChI=1S/C17H14F3N3O2S2/c1-26-15-5-3-2-4-13(15)14-10-16(17(18,19)20)22-23(14)11-6-8-12(9-7-11)27(21,24)25/h2-10H,1H3,(H2,21,24,25). The Morgan fingerprint density at radius 3 is 2.26 bits per heavy atom. The van der Waals surface area contributed by atoms with Gasteiger partial charge in [0.25, 0.3) is 0 Å². The molecule has 5 nitrogen and oxygen atoms in total. The molecule has 142 valence electrons. The van der Waals surface area contributed by atoms with E-state index in [9.17, 15) is 21.6 Å². The van der Waals surface area contributed by atoms with Crippen molar-refractivity contribution in [1.29, 1.82) is 0 Å². The van der Waals surface area contributed by atoms with E-state index in [2.05, 4.69) is 5.10 Å². The molecule has 0 spiro atoms. The fourth-order valence-electron chi connectivity index (χ4n) is 2.54. The Labute approximate surface area is 158 Å². The quantitative estimate of drug-likeness (QED) is 0.658. The summed E-state index contributed by atoms with van der Waals surface area (Å²) in [5, 5.41) is 8.76. The Balaban J connectivity index is 2.21. The van der Waals surface area contributed by atoms with Gasteiger partial charge in [-0.05, 0) is 42.7 Å². The van der Waals surface area contributed by atoms with Crippen LogP contribution in [0, 0.1) is 0 Å². The Hall–Kier alpha value is -2.30. The minimum absolute atomic E-state index is 0.138. The normalized spacial score (nSPS) is 12.3. The van der Waals surface area contributed by atoms with E-state index in [4.69, 9.17) is 5.14 Å². The molecule has 0 aliphatic rings. The molecule has 1 heterocycles. The predicted octanol–water partition coefficient (Wildman–Crippen LogP) is 3.93. The van der Waals surface area contributed by atoms with Gasteiger partial charge in [0.1, 0.15) is 0 Å². The highest BCUT2D eigenvalue weighted by Crippen LogP contribution is 2.36. The van der Waals surface area contributed by atoms with Gasteiger partial charge in [-0.25, -0.2) is 18.2 Å². The van der Waals surface area contributed by atoms with E-state index in [1.54, 1.807) is 24.3 Å². The lowest BCUT2D eigenvalue weighted by Crippen LogP contribution is -2.12. The number of alkyl halides is 3. The molecule has 3 rings (SSSR count). The van der Waals surface area contributed by atoms with E-state index in [-0.39, 0.29) is 16.3 Å². The average Bonchev–Trinajstić information content (AvgIpc) is 3.06. The van der Waals surface area contributed by atoms with Crippen molar-refractivity contribution in [2.45, 2.75) is 16.0 Å². The molecule has 0 amide bonds. The van der Waals surface area contributed by atoms with Gasteiger partial charge in [-0.2, -0.15) is 18.3 Å². The molecule has 0 saturated carbocycles. The van der Waals surface area contributed by atoms with Gasteiger partial charge in [-0.3, -0.25) is 0 Å². The largest absolute Gasteiger partial charge is 0.435 e. The summed E-state index contributed by atoms with van der Waals surface area (Å²) in [7, 11) is -3.91. The Morgan fingerprint density at radius 1 is 1.07 bits per heavy atom. The number of hydrogen-bond donors (Lipinski definition) is 1. The van der Waals surface area contributed by atoms with Crippen molar-refractivity contribution in [3.63, 3.8) is 0 Å². The van der Waals surface area contributed by atoms with Crippen LogP contribution in [0.15, 0.2) is 64.4 Å². The number of thioether (sulfide) groups is 1. The van der Waals surface area contributed by atoms with Crippen LogP contribution in [-0.2, 0) is 16.2 Å². The van der Waals surface area contributed by atoms with Crippen molar-refractivity contribution >= 4 is 21.8 Å². The summed E-state index contributed by atoms with van der Waals surface area (Å²) in [6.45, 7) is 0. The van der Waals surface area contributed by atoms with Crippen LogP contribution in [0.3, 0.4) is 0 Å². The van der Waals surface area contributed by atoms with Gasteiger partial charge in [0, 0.05) is 10.5 Å². The van der Waals surface area contributed by atoms with Gasteiger partial charge in [0.05, 0.1) is 16.3 Å². The van der Waals surface area contributed by atoms with Crippen LogP contribution < -0.4 is 5.14 Å². The maximum atomic E-state index is 13.2. The molecule has 0 fully saturated rings. The van der Waals surface area contributed by atoms with Crippen LogP contribution in [0.4, 0.5) is 13.2 Å². The lowest BCUT2D eigenvalue weighted by atomic mass is 10.1. The fourth-order valence-corrected chi connectivity index (χ4v) is 3.66. The first-order valence-electron chi connectivity index (χ1n) is 7.55. The number of hydrogen-bond acceptors (Lipinski definition) is 4. The van der Waals surface area contributed by atoms with Crippen LogP contribution in [0.2, 0.25) is 0 Å². The maximum Gasteiger partial charge on any atom is 0.435 e. The summed E-state index contributed by atoms with van der Waals surface area (Å²) in [6, 6.07) is 13.2. The monoisotopic (exact) mass is 413 g/mol. The van der Waals surface area contributed by atoms with Gasteiger partial charge in [-0.15, -0.1) is 11.8 Å². The first-order chi connectivity index (χ1) is 12.6. The molecule has 0 aliphatic carbocycles. The summed E-state index contributed by atoms with van der Waals surface area (Å²) in [6.07, 6.45) is -2.79. The molecule has 0 aliphatic heterocycles. The highest BCUT2D eigenvalue weighted by atomic mass is 32.2. The zero-order valence-electron chi connectivity index (χ0n) is 13.9. The summed E-state index contributed by atoms with van der Waals surface area (Å²) >= 11 is 1.40. The number of primary sulfonamides is 1. The van der Waals surface area contributed by atoms with Crippen LogP contribution >= 0.6 is 11.8 Å². The van der Waals surface area contributed by atoms with Crippen LogP contribution in [0.25, 0.3) is 16.9 Å². The fraction of sp³-hybridized carbons (Fsp3) is 0.118. The van der Waals surface area contributed by atoms with Crippen molar-refractivity contribution < 1.29 is 21.6 Å². The maximum absolute atomic E-state index is 13.2. The molecular weight excluding hydrogens is 399 g/mol. The Kier molecular flexibility index (Phi) is 5.06. The summed E-state index contributed by atoms with van der Waals surface area (Å²) in [5.41, 5.74) is 0.0758. The van der Waals surface area contributed by atoms with E-state index in [1.807, 2.05) is 6.26 Å². The molecular formula is C17H14F3N3O2S2. The highest BCUT2D eigenvalue weighted by molar-refractivity contribution is 7.98. The third kappa shape index (κ3) is 4.02. The molecule has 0 unspecified atom stereocenters. The van der Waals surface area contributed by atoms with Crippen LogP contribution in [-0.4, -0.2) is 24.5 Å². The number of rotatable bonds is 4. The van der Waals surface area contributed by atoms with Crippen molar-refractivity contribution in [3.05, 3.63) is 60.3 Å². The minimum Gasteiger partial charge on any atom is -0.232 e. The number of aromatic nitrogens is 2. The van der Waals surface area contributed by atoms with Crippen molar-refractivity contribution in [2.75, 3.05) is 6.26 Å². The molecule has 0 saturated heterocycles. The molecule has 0 atom stereocenters. The average molecular weight is 413 g/mol. The van der Waals surface area contributed by atoms with Crippen LogP contribution in [0.5, 0.6) is 0 Å². The third-order valence-electron chi connectivity index (χ3n) is 3.79. The summed E-state index contributed by atoms with van der Waals surface area (Å²) in [4.78, 5) is 0.647.